The number of nitrogens with one attached hydrogen (secondary N) is 1. The average Bonchev–Trinajstić information content (AvgIpc) is 3.84. The van der Waals surface area contributed by atoms with Gasteiger partial charge in [-0.05, 0) is 81.4 Å². The smallest absolute Gasteiger partial charge is 0.415 e. The fourth-order valence-electron chi connectivity index (χ4n) is 8.15. The molecule has 2 fully saturated rings. The van der Waals surface area contributed by atoms with Crippen molar-refractivity contribution in [2.24, 2.45) is 16.1 Å². The van der Waals surface area contributed by atoms with E-state index < -0.39 is 17.5 Å². The van der Waals surface area contributed by atoms with Crippen LogP contribution in [-0.2, 0) is 34.7 Å². The van der Waals surface area contributed by atoms with Crippen LogP contribution in [0.4, 0.5) is 10.6 Å². The van der Waals surface area contributed by atoms with Crippen molar-refractivity contribution >= 4 is 34.7 Å². The van der Waals surface area contributed by atoms with Crippen LogP contribution in [0.15, 0.2) is 45.7 Å². The molecule has 0 spiro atoms. The third-order valence-electron chi connectivity index (χ3n) is 11.1. The number of hydrogen-bond acceptors (Lipinski definition) is 12. The van der Waals surface area contributed by atoms with Gasteiger partial charge in [-0.2, -0.15) is 0 Å². The topological polar surface area (TPSA) is 214 Å². The number of imidazole rings is 1. The number of piperidine rings is 2. The summed E-state index contributed by atoms with van der Waals surface area (Å²) in [6, 6.07) is 7.77. The molecule has 0 aliphatic carbocycles. The molecule has 7 heterocycles. The second-order valence-electron chi connectivity index (χ2n) is 14.7. The van der Waals surface area contributed by atoms with Crippen LogP contribution in [0.3, 0.4) is 0 Å². The molecule has 0 radical (unpaired) electrons. The number of carbonyl (C=O) groups is 3. The van der Waals surface area contributed by atoms with E-state index in [0.717, 1.165) is 34.9 Å². The molecule has 296 valence electrons. The number of rotatable bonds is 7. The highest BCUT2D eigenvalue weighted by Gasteiger charge is 2.45. The third kappa shape index (κ3) is 7.23. The predicted molar refractivity (Wildman–Crippen MR) is 205 cm³/mol. The van der Waals surface area contributed by atoms with Gasteiger partial charge in [0.2, 0.25) is 5.82 Å². The molecule has 1 aromatic carbocycles. The maximum absolute atomic E-state index is 13.6. The Morgan fingerprint density at radius 1 is 1.09 bits per heavy atom. The monoisotopic (exact) mass is 768 g/mol. The molecule has 0 bridgehead atoms. The molecule has 17 heteroatoms. The fourth-order valence-corrected chi connectivity index (χ4v) is 8.15. The standard InChI is InChI=1S/C33H38N4O6.C6H10N6O/c1-3-22-23-16-21(43-32(40)36-14-10-20(11-15-36)35-12-6-5-7-13-35)8-9-27(23)34-29-24(22)18-37-28(29)17-26-25(30(37)38)19-42-31(39)33(26,41)4-2;1-12(2)11-10-6-4(5(7)13)8-3-9-6/h8-9,16-17,20,41H,3-7,10-15,18-19H2,1-2H3;3H,1-2H3,(H2,7,13)(H,8,9)/t33-;/m0./s1. The van der Waals surface area contributed by atoms with E-state index in [2.05, 4.69) is 32.1 Å². The number of aromatic nitrogens is 4. The number of nitrogens with zero attached hydrogens (tertiary/aromatic N) is 8. The number of aliphatic hydroxyl groups is 1. The number of ether oxygens (including phenoxy) is 2. The molecule has 4 aliphatic rings. The minimum Gasteiger partial charge on any atom is -0.458 e. The summed E-state index contributed by atoms with van der Waals surface area (Å²) in [5, 5.41) is 20.9. The summed E-state index contributed by atoms with van der Waals surface area (Å²) < 4.78 is 12.7. The lowest BCUT2D eigenvalue weighted by atomic mass is 9.86. The maximum atomic E-state index is 13.6. The Bertz CT molecular complexity index is 2250. The number of H-pyrrole nitrogens is 1. The van der Waals surface area contributed by atoms with Gasteiger partial charge in [0, 0.05) is 49.7 Å². The van der Waals surface area contributed by atoms with Gasteiger partial charge in [-0.25, -0.2) is 19.6 Å². The largest absolute Gasteiger partial charge is 0.458 e. The molecule has 2 saturated heterocycles. The molecule has 0 saturated carbocycles. The highest BCUT2D eigenvalue weighted by molar-refractivity contribution is 5.95. The van der Waals surface area contributed by atoms with Gasteiger partial charge < -0.3 is 39.7 Å². The zero-order chi connectivity index (χ0) is 39.7. The van der Waals surface area contributed by atoms with Crippen molar-refractivity contribution in [2.45, 2.75) is 83.6 Å². The first kappa shape index (κ1) is 38.6. The number of aryl methyl sites for hydroxylation is 1. The normalized spacial score (nSPS) is 19.5. The molecule has 4 aromatic rings. The van der Waals surface area contributed by atoms with Gasteiger partial charge in [0.1, 0.15) is 12.4 Å². The Balaban J connectivity index is 0.000000316. The Hall–Kier alpha value is -5.68. The number of carbonyl (C=O) groups excluding carboxylic acids is 3. The van der Waals surface area contributed by atoms with E-state index >= 15 is 0 Å². The number of nitrogens with two attached hydrogens (primary N) is 1. The lowest BCUT2D eigenvalue weighted by Crippen LogP contribution is -2.48. The number of esters is 1. The van der Waals surface area contributed by atoms with Gasteiger partial charge in [-0.1, -0.05) is 25.5 Å². The van der Waals surface area contributed by atoms with Gasteiger partial charge in [0.05, 0.1) is 35.3 Å². The van der Waals surface area contributed by atoms with Crippen molar-refractivity contribution in [3.63, 3.8) is 0 Å². The molecule has 8 rings (SSSR count). The lowest BCUT2D eigenvalue weighted by Gasteiger charge is -2.39. The number of benzene rings is 1. The van der Waals surface area contributed by atoms with Crippen molar-refractivity contribution in [1.82, 2.24) is 34.3 Å². The molecule has 0 unspecified atom stereocenters. The Labute approximate surface area is 323 Å². The van der Waals surface area contributed by atoms with Crippen LogP contribution in [0.1, 0.15) is 85.1 Å². The van der Waals surface area contributed by atoms with E-state index in [9.17, 15) is 24.3 Å². The van der Waals surface area contributed by atoms with Crippen molar-refractivity contribution in [3.8, 4) is 17.1 Å². The van der Waals surface area contributed by atoms with Crippen LogP contribution in [0.25, 0.3) is 22.3 Å². The van der Waals surface area contributed by atoms with E-state index in [1.807, 2.05) is 17.0 Å². The minimum absolute atomic E-state index is 0.0951. The lowest BCUT2D eigenvalue weighted by molar-refractivity contribution is -0.172. The van der Waals surface area contributed by atoms with Crippen molar-refractivity contribution in [1.29, 1.82) is 0 Å². The second-order valence-corrected chi connectivity index (χ2v) is 14.7. The summed E-state index contributed by atoms with van der Waals surface area (Å²) in [6.45, 7) is 7.65. The number of likely N-dealkylation sites (tertiary alicyclic amines) is 2. The summed E-state index contributed by atoms with van der Waals surface area (Å²) in [4.78, 5) is 65.6. The number of cyclic esters (lactones) is 1. The Morgan fingerprint density at radius 3 is 2.52 bits per heavy atom. The number of hydrogen-bond donors (Lipinski definition) is 3. The van der Waals surface area contributed by atoms with Crippen LogP contribution >= 0.6 is 0 Å². The van der Waals surface area contributed by atoms with E-state index in [1.165, 1.54) is 43.7 Å². The average molecular weight is 769 g/mol. The van der Waals surface area contributed by atoms with E-state index in [-0.39, 0.29) is 36.2 Å². The van der Waals surface area contributed by atoms with E-state index in [1.54, 1.807) is 37.7 Å². The fraction of sp³-hybridized carbons (Fsp3) is 0.487. The van der Waals surface area contributed by atoms with Gasteiger partial charge in [-0.15, -0.1) is 5.11 Å². The van der Waals surface area contributed by atoms with E-state index in [4.69, 9.17) is 20.2 Å². The first-order valence-corrected chi connectivity index (χ1v) is 19.2. The predicted octanol–water partition coefficient (Wildman–Crippen LogP) is 4.16. The van der Waals surface area contributed by atoms with Crippen LogP contribution in [0.2, 0.25) is 0 Å². The molecule has 4 aliphatic heterocycles. The molecule has 4 N–H and O–H groups in total. The van der Waals surface area contributed by atoms with E-state index in [0.29, 0.717) is 60.4 Å². The highest BCUT2D eigenvalue weighted by Crippen LogP contribution is 2.41. The number of aromatic amines is 1. The molecular formula is C39H48N10O7. The molecular weight excluding hydrogens is 720 g/mol. The van der Waals surface area contributed by atoms with Crippen LogP contribution in [0, 0.1) is 0 Å². The highest BCUT2D eigenvalue weighted by atomic mass is 16.6. The third-order valence-corrected chi connectivity index (χ3v) is 11.1. The van der Waals surface area contributed by atoms with Crippen LogP contribution < -0.4 is 16.0 Å². The molecule has 3 aromatic heterocycles. The maximum Gasteiger partial charge on any atom is 0.415 e. The van der Waals surface area contributed by atoms with Gasteiger partial charge in [-0.3, -0.25) is 14.6 Å². The Kier molecular flexibility index (Phi) is 10.9. The van der Waals surface area contributed by atoms with Crippen LogP contribution in [-0.4, -0.2) is 104 Å². The van der Waals surface area contributed by atoms with Crippen molar-refractivity contribution in [2.75, 3.05) is 40.3 Å². The summed E-state index contributed by atoms with van der Waals surface area (Å²) in [7, 11) is 3.42. The quantitative estimate of drug-likeness (QED) is 0.121. The SMILES string of the molecule is CCc1c2c(nc3ccc(OC(=O)N4CCC(N5CCCCC5)CC4)cc13)-c1cc3c(c(=O)n1C2)COC(=O)[C@]3(O)CC.CN(C)N=Nc1nc[nH]c1C(N)=O. The molecule has 1 atom stereocenters. The zero-order valence-electron chi connectivity index (χ0n) is 32.2. The minimum atomic E-state index is -1.86. The Morgan fingerprint density at radius 2 is 1.84 bits per heavy atom. The molecule has 17 nitrogen and oxygen atoms in total. The van der Waals surface area contributed by atoms with Crippen molar-refractivity contribution < 1.29 is 29.0 Å². The number of primary amides is 1. The number of fused-ring (bicyclic) bond motifs is 5. The summed E-state index contributed by atoms with van der Waals surface area (Å²) in [6.07, 6.45) is 7.60. The van der Waals surface area contributed by atoms with Gasteiger partial charge in [0.15, 0.2) is 11.3 Å². The van der Waals surface area contributed by atoms with Crippen LogP contribution in [0.5, 0.6) is 5.75 Å². The van der Waals surface area contributed by atoms with Crippen molar-refractivity contribution in [3.05, 3.63) is 68.9 Å². The molecule has 56 heavy (non-hydrogen) atoms. The number of amides is 2. The first-order valence-electron chi connectivity index (χ1n) is 19.2. The second kappa shape index (κ2) is 15.8. The molecule has 2 amide bonds. The van der Waals surface area contributed by atoms with Gasteiger partial charge in [0.25, 0.3) is 11.5 Å². The summed E-state index contributed by atoms with van der Waals surface area (Å²) >= 11 is 0. The number of pyridine rings is 2. The zero-order valence-corrected chi connectivity index (χ0v) is 32.2. The first-order chi connectivity index (χ1) is 26.9. The van der Waals surface area contributed by atoms with Gasteiger partial charge >= 0.3 is 12.1 Å². The summed E-state index contributed by atoms with van der Waals surface area (Å²) in [5.41, 5.74) is 7.58. The summed E-state index contributed by atoms with van der Waals surface area (Å²) in [5.74, 6) is -0.676.